The fourth-order valence-corrected chi connectivity index (χ4v) is 6.79. The van der Waals surface area contributed by atoms with E-state index in [1.165, 1.54) is 28.1 Å². The maximum Gasteiger partial charge on any atom is 0.245 e. The molecule has 3 aromatic rings. The summed E-state index contributed by atoms with van der Waals surface area (Å²) in [6.45, 7) is 3.31. The van der Waals surface area contributed by atoms with Crippen LogP contribution in [0.5, 0.6) is 0 Å². The molecule has 2 aliphatic rings. The summed E-state index contributed by atoms with van der Waals surface area (Å²) >= 11 is 0. The van der Waals surface area contributed by atoms with Crippen LogP contribution in [0, 0.1) is 12.8 Å². The molecule has 0 bridgehead atoms. The van der Waals surface area contributed by atoms with Gasteiger partial charge in [0.1, 0.15) is 6.04 Å². The van der Waals surface area contributed by atoms with E-state index in [1.807, 2.05) is 42.5 Å². The van der Waals surface area contributed by atoms with E-state index in [4.69, 9.17) is 0 Å². The number of amides is 2. The summed E-state index contributed by atoms with van der Waals surface area (Å²) in [6.07, 6.45) is 4.99. The van der Waals surface area contributed by atoms with Gasteiger partial charge in [-0.1, -0.05) is 90.8 Å². The lowest BCUT2D eigenvalue weighted by Crippen LogP contribution is -2.55. The Labute approximate surface area is 250 Å². The Bertz CT molecular complexity index is 1470. The van der Waals surface area contributed by atoms with Crippen molar-refractivity contribution < 1.29 is 18.0 Å². The standard InChI is InChI=1S/C34H41N3O4S/c1-25-11-15-29(16-12-25)31-24-30(31)9-6-10-32(34(39)36-19-21-37(22-20-36)42(2,40)41)35-33(38)23-26-13-17-28(18-14-26)27-7-4-3-5-8-27/h3-5,7-8,11-18,30-32H,6,9-10,19-24H2,1-2H3,(H,35,38)/t30-,31+,32+/m1/s1. The van der Waals surface area contributed by atoms with Crippen molar-refractivity contribution in [2.24, 2.45) is 5.92 Å². The molecule has 0 aromatic heterocycles. The van der Waals surface area contributed by atoms with Gasteiger partial charge in [-0.25, -0.2) is 8.42 Å². The van der Waals surface area contributed by atoms with Crippen LogP contribution in [0.1, 0.15) is 48.3 Å². The van der Waals surface area contributed by atoms with Crippen molar-refractivity contribution in [2.75, 3.05) is 32.4 Å². The van der Waals surface area contributed by atoms with Crippen LogP contribution in [-0.2, 0) is 26.0 Å². The second kappa shape index (κ2) is 13.2. The molecule has 3 atom stereocenters. The average Bonchev–Trinajstić information content (AvgIpc) is 3.76. The zero-order valence-corrected chi connectivity index (χ0v) is 25.4. The molecule has 1 saturated heterocycles. The number of sulfonamides is 1. The number of carbonyl (C=O) groups is 2. The number of piperazine rings is 1. The van der Waals surface area contributed by atoms with Gasteiger partial charge < -0.3 is 10.2 Å². The smallest absolute Gasteiger partial charge is 0.245 e. The number of nitrogens with zero attached hydrogens (tertiary/aromatic N) is 2. The van der Waals surface area contributed by atoms with Crippen LogP contribution in [0.15, 0.2) is 78.9 Å². The summed E-state index contributed by atoms with van der Waals surface area (Å²) in [6, 6.07) is 26.2. The summed E-state index contributed by atoms with van der Waals surface area (Å²) in [5.74, 6) is 0.888. The molecule has 222 valence electrons. The molecule has 1 aliphatic carbocycles. The van der Waals surface area contributed by atoms with E-state index < -0.39 is 16.1 Å². The lowest BCUT2D eigenvalue weighted by molar-refractivity contribution is -0.137. The van der Waals surface area contributed by atoms with Gasteiger partial charge in [-0.3, -0.25) is 9.59 Å². The lowest BCUT2D eigenvalue weighted by Gasteiger charge is -2.35. The maximum absolute atomic E-state index is 13.6. The van der Waals surface area contributed by atoms with Crippen molar-refractivity contribution in [2.45, 2.75) is 51.0 Å². The van der Waals surface area contributed by atoms with Crippen LogP contribution in [0.4, 0.5) is 0 Å². The van der Waals surface area contributed by atoms with E-state index in [-0.39, 0.29) is 31.3 Å². The Kier molecular flexibility index (Phi) is 9.43. The second-order valence-electron chi connectivity index (χ2n) is 11.8. The van der Waals surface area contributed by atoms with Crippen molar-refractivity contribution in [3.05, 3.63) is 95.6 Å². The summed E-state index contributed by atoms with van der Waals surface area (Å²) < 4.78 is 25.3. The molecule has 0 radical (unpaired) electrons. The molecule has 2 amide bonds. The molecule has 42 heavy (non-hydrogen) atoms. The van der Waals surface area contributed by atoms with Gasteiger partial charge in [-0.15, -0.1) is 0 Å². The minimum absolute atomic E-state index is 0.123. The fraction of sp³-hybridized carbons (Fsp3) is 0.412. The highest BCUT2D eigenvalue weighted by molar-refractivity contribution is 7.88. The first-order chi connectivity index (χ1) is 20.2. The quantitative estimate of drug-likeness (QED) is 0.350. The van der Waals surface area contributed by atoms with Crippen molar-refractivity contribution in [3.8, 4) is 11.1 Å². The van der Waals surface area contributed by atoms with Crippen molar-refractivity contribution in [3.63, 3.8) is 0 Å². The Balaban J connectivity index is 1.19. The summed E-state index contributed by atoms with van der Waals surface area (Å²) in [5.41, 5.74) is 5.74. The Morgan fingerprint density at radius 2 is 1.52 bits per heavy atom. The van der Waals surface area contributed by atoms with Gasteiger partial charge >= 0.3 is 0 Å². The van der Waals surface area contributed by atoms with E-state index >= 15 is 0 Å². The highest BCUT2D eigenvalue weighted by Crippen LogP contribution is 2.50. The third kappa shape index (κ3) is 7.86. The highest BCUT2D eigenvalue weighted by Gasteiger charge is 2.38. The van der Waals surface area contributed by atoms with E-state index in [0.717, 1.165) is 29.5 Å². The topological polar surface area (TPSA) is 86.8 Å². The minimum atomic E-state index is -3.29. The zero-order chi connectivity index (χ0) is 29.7. The first kappa shape index (κ1) is 30.0. The van der Waals surface area contributed by atoms with Crippen LogP contribution < -0.4 is 5.32 Å². The largest absolute Gasteiger partial charge is 0.344 e. The molecule has 3 aromatic carbocycles. The van der Waals surface area contributed by atoms with Gasteiger partial charge in [0.25, 0.3) is 0 Å². The van der Waals surface area contributed by atoms with Crippen LogP contribution in [0.2, 0.25) is 0 Å². The summed E-state index contributed by atoms with van der Waals surface area (Å²) in [4.78, 5) is 28.5. The Morgan fingerprint density at radius 3 is 2.17 bits per heavy atom. The molecule has 0 unspecified atom stereocenters. The number of carbonyl (C=O) groups excluding carboxylic acids is 2. The molecule has 1 heterocycles. The number of hydrogen-bond donors (Lipinski definition) is 1. The molecule has 5 rings (SSSR count). The van der Waals surface area contributed by atoms with Crippen LogP contribution in [-0.4, -0.2) is 67.9 Å². The number of benzene rings is 3. The molecule has 7 nitrogen and oxygen atoms in total. The molecule has 0 spiro atoms. The third-order valence-electron chi connectivity index (χ3n) is 8.57. The Hall–Kier alpha value is -3.49. The lowest BCUT2D eigenvalue weighted by atomic mass is 10.0. The predicted molar refractivity (Wildman–Crippen MR) is 166 cm³/mol. The van der Waals surface area contributed by atoms with Gasteiger partial charge in [0.05, 0.1) is 12.7 Å². The van der Waals surface area contributed by atoms with E-state index in [9.17, 15) is 18.0 Å². The third-order valence-corrected chi connectivity index (χ3v) is 9.88. The number of rotatable bonds is 11. The van der Waals surface area contributed by atoms with Gasteiger partial charge in [0.2, 0.25) is 21.8 Å². The molecular weight excluding hydrogens is 546 g/mol. The normalized spacial score (nSPS) is 19.7. The van der Waals surface area contributed by atoms with E-state index in [2.05, 4.69) is 48.6 Å². The van der Waals surface area contributed by atoms with Gasteiger partial charge in [0.15, 0.2) is 0 Å². The monoisotopic (exact) mass is 587 g/mol. The molecule has 1 saturated carbocycles. The minimum Gasteiger partial charge on any atom is -0.344 e. The van der Waals surface area contributed by atoms with Crippen LogP contribution >= 0.6 is 0 Å². The molecule has 8 heteroatoms. The second-order valence-corrected chi connectivity index (χ2v) is 13.8. The molecule has 2 fully saturated rings. The first-order valence-corrected chi connectivity index (χ1v) is 16.8. The molecular formula is C34H41N3O4S. The van der Waals surface area contributed by atoms with E-state index in [0.29, 0.717) is 31.3 Å². The SMILES string of the molecule is Cc1ccc([C@@H]2C[C@H]2CCC[C@H](NC(=O)Cc2ccc(-c3ccccc3)cc2)C(=O)N2CCN(S(C)(=O)=O)CC2)cc1. The average molecular weight is 588 g/mol. The Morgan fingerprint density at radius 1 is 0.881 bits per heavy atom. The van der Waals surface area contributed by atoms with Gasteiger partial charge in [0, 0.05) is 26.2 Å². The summed E-state index contributed by atoms with van der Waals surface area (Å²) in [7, 11) is -3.29. The van der Waals surface area contributed by atoms with Gasteiger partial charge in [-0.2, -0.15) is 4.31 Å². The zero-order valence-electron chi connectivity index (χ0n) is 24.5. The van der Waals surface area contributed by atoms with Crippen molar-refractivity contribution in [1.82, 2.24) is 14.5 Å². The van der Waals surface area contributed by atoms with Gasteiger partial charge in [-0.05, 0) is 60.3 Å². The number of aryl methyl sites for hydroxylation is 1. The van der Waals surface area contributed by atoms with Crippen LogP contribution in [0.3, 0.4) is 0 Å². The molecule has 1 N–H and O–H groups in total. The van der Waals surface area contributed by atoms with Crippen molar-refractivity contribution >= 4 is 21.8 Å². The number of nitrogens with one attached hydrogen (secondary N) is 1. The number of hydrogen-bond acceptors (Lipinski definition) is 4. The molecule has 1 aliphatic heterocycles. The summed E-state index contributed by atoms with van der Waals surface area (Å²) in [5, 5.41) is 3.03. The highest BCUT2D eigenvalue weighted by atomic mass is 32.2. The maximum atomic E-state index is 13.6. The fourth-order valence-electron chi connectivity index (χ4n) is 5.97. The van der Waals surface area contributed by atoms with Crippen molar-refractivity contribution in [1.29, 1.82) is 0 Å². The first-order valence-electron chi connectivity index (χ1n) is 14.9. The van der Waals surface area contributed by atoms with Crippen LogP contribution in [0.25, 0.3) is 11.1 Å². The predicted octanol–water partition coefficient (Wildman–Crippen LogP) is 4.77. The van der Waals surface area contributed by atoms with E-state index in [1.54, 1.807) is 4.90 Å².